The molecule has 1 aromatic heterocycles. The molecule has 0 saturated carbocycles. The Kier molecular flexibility index (Phi) is 4.79. The van der Waals surface area contributed by atoms with Crippen molar-refractivity contribution in [3.8, 4) is 0 Å². The molecule has 5 heteroatoms. The summed E-state index contributed by atoms with van der Waals surface area (Å²) in [5.74, 6) is -0.460. The lowest BCUT2D eigenvalue weighted by Gasteiger charge is -2.08. The van der Waals surface area contributed by atoms with Gasteiger partial charge in [-0.3, -0.25) is 9.78 Å². The third-order valence-electron chi connectivity index (χ3n) is 2.91. The Bertz CT molecular complexity index is 585. The molecule has 4 nitrogen and oxygen atoms in total. The normalized spacial score (nSPS) is 10.3. The first-order valence-electron chi connectivity index (χ1n) is 6.27. The van der Waals surface area contributed by atoms with Crippen molar-refractivity contribution in [1.82, 2.24) is 4.98 Å². The van der Waals surface area contributed by atoms with Crippen molar-refractivity contribution in [1.29, 1.82) is 0 Å². The smallest absolute Gasteiger partial charge is 0.224 e. The van der Waals surface area contributed by atoms with E-state index in [1.807, 2.05) is 0 Å². The number of benzene rings is 1. The van der Waals surface area contributed by atoms with Gasteiger partial charge >= 0.3 is 0 Å². The molecule has 0 spiro atoms. The topological polar surface area (TPSA) is 62.2 Å². The number of rotatable bonds is 5. The monoisotopic (exact) mass is 274 g/mol. The van der Waals surface area contributed by atoms with Gasteiger partial charge < -0.3 is 10.4 Å². The highest BCUT2D eigenvalue weighted by molar-refractivity contribution is 5.91. The Morgan fingerprint density at radius 2 is 2.00 bits per heavy atom. The Morgan fingerprint density at radius 3 is 2.70 bits per heavy atom. The summed E-state index contributed by atoms with van der Waals surface area (Å²) < 4.78 is 12.7. The summed E-state index contributed by atoms with van der Waals surface area (Å²) in [5, 5.41) is 11.9. The molecule has 1 amide bonds. The van der Waals surface area contributed by atoms with E-state index in [-0.39, 0.29) is 24.8 Å². The van der Waals surface area contributed by atoms with Crippen LogP contribution >= 0.6 is 0 Å². The summed E-state index contributed by atoms with van der Waals surface area (Å²) >= 11 is 0. The van der Waals surface area contributed by atoms with Gasteiger partial charge in [-0.15, -0.1) is 0 Å². The number of carbonyl (C=O) groups is 1. The van der Waals surface area contributed by atoms with Gasteiger partial charge in [0.1, 0.15) is 5.82 Å². The van der Waals surface area contributed by atoms with Crippen molar-refractivity contribution in [2.45, 2.75) is 19.4 Å². The Balaban J connectivity index is 1.91. The number of hydrogen-bond acceptors (Lipinski definition) is 3. The quantitative estimate of drug-likeness (QED) is 0.879. The number of carbonyl (C=O) groups excluding carboxylic acids is 1. The van der Waals surface area contributed by atoms with Crippen molar-refractivity contribution in [3.05, 3.63) is 59.7 Å². The van der Waals surface area contributed by atoms with Crippen LogP contribution in [0, 0.1) is 5.82 Å². The third-order valence-corrected chi connectivity index (χ3v) is 2.91. The summed E-state index contributed by atoms with van der Waals surface area (Å²) in [7, 11) is 0. The number of nitrogens with zero attached hydrogens (tertiary/aromatic N) is 1. The molecule has 0 aliphatic heterocycles. The van der Waals surface area contributed by atoms with Crippen molar-refractivity contribution in [3.63, 3.8) is 0 Å². The lowest BCUT2D eigenvalue weighted by molar-refractivity contribution is -0.116. The molecular formula is C15H15FN2O2. The van der Waals surface area contributed by atoms with E-state index in [0.29, 0.717) is 17.7 Å². The third kappa shape index (κ3) is 3.86. The largest absolute Gasteiger partial charge is 0.392 e. The molecule has 0 bridgehead atoms. The summed E-state index contributed by atoms with van der Waals surface area (Å²) in [5.41, 5.74) is 2.03. The molecule has 20 heavy (non-hydrogen) atoms. The molecular weight excluding hydrogens is 259 g/mol. The summed E-state index contributed by atoms with van der Waals surface area (Å²) in [6.07, 6.45) is 3.87. The molecule has 0 atom stereocenters. The maximum Gasteiger partial charge on any atom is 0.224 e. The highest BCUT2D eigenvalue weighted by atomic mass is 19.1. The van der Waals surface area contributed by atoms with Crippen LogP contribution in [0.2, 0.25) is 0 Å². The number of aliphatic hydroxyl groups is 1. The number of aryl methyl sites for hydroxylation is 1. The Labute approximate surface area is 116 Å². The van der Waals surface area contributed by atoms with E-state index in [0.717, 1.165) is 5.56 Å². The van der Waals surface area contributed by atoms with Crippen LogP contribution in [0.4, 0.5) is 10.1 Å². The van der Waals surface area contributed by atoms with Crippen molar-refractivity contribution >= 4 is 11.6 Å². The zero-order valence-corrected chi connectivity index (χ0v) is 10.8. The van der Waals surface area contributed by atoms with E-state index < -0.39 is 0 Å². The van der Waals surface area contributed by atoms with Crippen LogP contribution < -0.4 is 5.32 Å². The van der Waals surface area contributed by atoms with E-state index in [9.17, 15) is 9.18 Å². The van der Waals surface area contributed by atoms with Crippen LogP contribution in [-0.4, -0.2) is 16.0 Å². The first-order valence-corrected chi connectivity index (χ1v) is 6.27. The second-order valence-electron chi connectivity index (χ2n) is 4.37. The number of amides is 1. The van der Waals surface area contributed by atoms with Crippen LogP contribution in [0.3, 0.4) is 0 Å². The minimum atomic E-state index is -0.291. The number of pyridine rings is 1. The lowest BCUT2D eigenvalue weighted by Crippen LogP contribution is -2.14. The second-order valence-corrected chi connectivity index (χ2v) is 4.37. The predicted molar refractivity (Wildman–Crippen MR) is 73.5 cm³/mol. The van der Waals surface area contributed by atoms with Crippen LogP contribution in [0.25, 0.3) is 0 Å². The standard InChI is InChI=1S/C15H15FN2O2/c16-13-4-1-11(2-5-13)3-6-15(20)18-14-9-17-8-7-12(14)10-19/h1-2,4-5,7-9,19H,3,6,10H2,(H,18,20). The van der Waals surface area contributed by atoms with Gasteiger partial charge in [0.05, 0.1) is 18.5 Å². The van der Waals surface area contributed by atoms with Gasteiger partial charge in [0, 0.05) is 18.2 Å². The second kappa shape index (κ2) is 6.77. The molecule has 0 unspecified atom stereocenters. The van der Waals surface area contributed by atoms with Crippen LogP contribution in [0.5, 0.6) is 0 Å². The number of halogens is 1. The van der Waals surface area contributed by atoms with Crippen molar-refractivity contribution in [2.24, 2.45) is 0 Å². The van der Waals surface area contributed by atoms with Crippen LogP contribution in [-0.2, 0) is 17.8 Å². The van der Waals surface area contributed by atoms with Crippen molar-refractivity contribution in [2.75, 3.05) is 5.32 Å². The number of nitrogens with one attached hydrogen (secondary N) is 1. The number of hydrogen-bond donors (Lipinski definition) is 2. The molecule has 104 valence electrons. The fraction of sp³-hybridized carbons (Fsp3) is 0.200. The summed E-state index contributed by atoms with van der Waals surface area (Å²) in [6.45, 7) is -0.157. The van der Waals surface area contributed by atoms with Gasteiger partial charge in [-0.25, -0.2) is 4.39 Å². The van der Waals surface area contributed by atoms with Crippen LogP contribution in [0.15, 0.2) is 42.7 Å². The maximum atomic E-state index is 12.7. The molecule has 2 N–H and O–H groups in total. The zero-order chi connectivity index (χ0) is 14.4. The maximum absolute atomic E-state index is 12.7. The summed E-state index contributed by atoms with van der Waals surface area (Å²) in [6, 6.07) is 7.71. The lowest BCUT2D eigenvalue weighted by atomic mass is 10.1. The molecule has 0 aliphatic rings. The minimum absolute atomic E-state index is 0.157. The van der Waals surface area contributed by atoms with Crippen molar-refractivity contribution < 1.29 is 14.3 Å². The first kappa shape index (κ1) is 14.1. The van der Waals surface area contributed by atoms with Gasteiger partial charge in [0.25, 0.3) is 0 Å². The Hall–Kier alpha value is -2.27. The molecule has 1 heterocycles. The molecule has 2 rings (SSSR count). The number of aromatic nitrogens is 1. The zero-order valence-electron chi connectivity index (χ0n) is 10.8. The average molecular weight is 274 g/mol. The fourth-order valence-corrected chi connectivity index (χ4v) is 1.80. The number of aliphatic hydroxyl groups excluding tert-OH is 1. The summed E-state index contributed by atoms with van der Waals surface area (Å²) in [4.78, 5) is 15.7. The van der Waals surface area contributed by atoms with Gasteiger partial charge in [-0.1, -0.05) is 12.1 Å². The SMILES string of the molecule is O=C(CCc1ccc(F)cc1)Nc1cnccc1CO. The number of anilines is 1. The minimum Gasteiger partial charge on any atom is -0.392 e. The van der Waals surface area contributed by atoms with Gasteiger partial charge in [-0.2, -0.15) is 0 Å². The molecule has 2 aromatic rings. The highest BCUT2D eigenvalue weighted by Gasteiger charge is 2.07. The van der Waals surface area contributed by atoms with E-state index in [1.165, 1.54) is 18.3 Å². The van der Waals surface area contributed by atoms with Gasteiger partial charge in [0.2, 0.25) is 5.91 Å². The fourth-order valence-electron chi connectivity index (χ4n) is 1.80. The van der Waals surface area contributed by atoms with Gasteiger partial charge in [0.15, 0.2) is 0 Å². The highest BCUT2D eigenvalue weighted by Crippen LogP contribution is 2.14. The van der Waals surface area contributed by atoms with E-state index in [2.05, 4.69) is 10.3 Å². The Morgan fingerprint density at radius 1 is 1.25 bits per heavy atom. The van der Waals surface area contributed by atoms with Gasteiger partial charge in [-0.05, 0) is 30.2 Å². The molecule has 0 radical (unpaired) electrons. The first-order chi connectivity index (χ1) is 9.69. The van der Waals surface area contributed by atoms with Crippen LogP contribution in [0.1, 0.15) is 17.5 Å². The molecule has 0 aliphatic carbocycles. The predicted octanol–water partition coefficient (Wildman–Crippen LogP) is 2.28. The molecule has 1 aromatic carbocycles. The van der Waals surface area contributed by atoms with E-state index in [4.69, 9.17) is 5.11 Å². The average Bonchev–Trinajstić information content (AvgIpc) is 2.47. The molecule has 0 saturated heterocycles. The molecule has 0 fully saturated rings. The van der Waals surface area contributed by atoms with E-state index >= 15 is 0 Å². The van der Waals surface area contributed by atoms with E-state index in [1.54, 1.807) is 24.4 Å².